The summed E-state index contributed by atoms with van der Waals surface area (Å²) in [4.78, 5) is 12.0. The molecule has 2 rings (SSSR count). The van der Waals surface area contributed by atoms with Gasteiger partial charge in [-0.15, -0.1) is 0 Å². The van der Waals surface area contributed by atoms with E-state index in [1.54, 1.807) is 0 Å². The summed E-state index contributed by atoms with van der Waals surface area (Å²) < 4.78 is 0.651. The van der Waals surface area contributed by atoms with Crippen LogP contribution in [0.4, 0.5) is 5.69 Å². The summed E-state index contributed by atoms with van der Waals surface area (Å²) in [6.45, 7) is 4.33. The third kappa shape index (κ3) is 3.35. The number of amides is 1. The summed E-state index contributed by atoms with van der Waals surface area (Å²) in [5.74, 6) is 0.295. The molecule has 1 heterocycles. The van der Waals surface area contributed by atoms with Gasteiger partial charge in [0.1, 0.15) is 0 Å². The molecule has 4 heteroatoms. The largest absolute Gasteiger partial charge is 0.619 e. The Morgan fingerprint density at radius 2 is 1.80 bits per heavy atom. The molecule has 0 saturated heterocycles. The van der Waals surface area contributed by atoms with Crippen molar-refractivity contribution >= 4 is 11.6 Å². The van der Waals surface area contributed by atoms with E-state index in [9.17, 15) is 10.0 Å². The molecular weight excluding hydrogens is 252 g/mol. The van der Waals surface area contributed by atoms with Crippen molar-refractivity contribution < 1.29 is 9.52 Å². The zero-order valence-electron chi connectivity index (χ0n) is 11.7. The number of rotatable bonds is 4. The number of hydrogen-bond donors (Lipinski definition) is 1. The minimum absolute atomic E-state index is 0.220. The fourth-order valence-electron chi connectivity index (χ4n) is 1.90. The predicted octanol–water partition coefficient (Wildman–Crippen LogP) is 3.09. The molecule has 1 N–H and O–H groups in total. The van der Waals surface area contributed by atoms with Gasteiger partial charge in [-0.3, -0.25) is 4.79 Å². The van der Waals surface area contributed by atoms with E-state index in [1.165, 1.54) is 30.1 Å². The van der Waals surface area contributed by atoms with Crippen LogP contribution in [0.3, 0.4) is 0 Å². The lowest BCUT2D eigenvalue weighted by atomic mass is 9.98. The van der Waals surface area contributed by atoms with Crippen molar-refractivity contribution in [2.75, 3.05) is 5.32 Å². The van der Waals surface area contributed by atoms with Crippen molar-refractivity contribution in [3.63, 3.8) is 0 Å². The molecule has 0 aliphatic rings. The first-order chi connectivity index (χ1) is 9.60. The Morgan fingerprint density at radius 1 is 1.20 bits per heavy atom. The van der Waals surface area contributed by atoms with Crippen LogP contribution in [-0.4, -0.2) is 5.91 Å². The molecule has 0 bridgehead atoms. The van der Waals surface area contributed by atoms with E-state index in [-0.39, 0.29) is 5.91 Å². The first kappa shape index (κ1) is 14.1. The summed E-state index contributed by atoms with van der Waals surface area (Å²) in [5, 5.41) is 13.7. The lowest BCUT2D eigenvalue weighted by Crippen LogP contribution is -2.25. The van der Waals surface area contributed by atoms with E-state index in [0.717, 1.165) is 12.1 Å². The highest BCUT2D eigenvalue weighted by Gasteiger charge is 2.08. The summed E-state index contributed by atoms with van der Waals surface area (Å²) >= 11 is 0. The molecule has 104 valence electrons. The molecule has 1 aromatic carbocycles. The van der Waals surface area contributed by atoms with Crippen molar-refractivity contribution in [1.82, 2.24) is 0 Å². The monoisotopic (exact) mass is 270 g/mol. The molecule has 4 nitrogen and oxygen atoms in total. The van der Waals surface area contributed by atoms with Crippen molar-refractivity contribution in [3.8, 4) is 0 Å². The third-order valence-electron chi connectivity index (χ3n) is 3.41. The van der Waals surface area contributed by atoms with Crippen LogP contribution in [0, 0.1) is 5.21 Å². The van der Waals surface area contributed by atoms with E-state index in [4.69, 9.17) is 0 Å². The molecule has 1 unspecified atom stereocenters. The van der Waals surface area contributed by atoms with Gasteiger partial charge in [0.25, 0.3) is 5.91 Å². The molecule has 0 radical (unpaired) electrons. The predicted molar refractivity (Wildman–Crippen MR) is 78.5 cm³/mol. The van der Waals surface area contributed by atoms with Gasteiger partial charge in [-0.1, -0.05) is 26.0 Å². The average Bonchev–Trinajstić information content (AvgIpc) is 2.48. The van der Waals surface area contributed by atoms with Gasteiger partial charge >= 0.3 is 0 Å². The van der Waals surface area contributed by atoms with Crippen LogP contribution < -0.4 is 10.0 Å². The van der Waals surface area contributed by atoms with E-state index < -0.39 is 0 Å². The molecule has 0 spiro atoms. The fourth-order valence-corrected chi connectivity index (χ4v) is 1.90. The first-order valence-electron chi connectivity index (χ1n) is 6.70. The molecule has 1 amide bonds. The quantitative estimate of drug-likeness (QED) is 0.685. The zero-order chi connectivity index (χ0) is 14.5. The molecule has 0 fully saturated rings. The van der Waals surface area contributed by atoms with Crippen molar-refractivity contribution in [2.45, 2.75) is 26.2 Å². The molecule has 20 heavy (non-hydrogen) atoms. The SMILES string of the molecule is CCC(C)c1ccc(NC(=O)c2cc[n+]([O-])cc2)cc1. The minimum atomic E-state index is -0.220. The number of pyridine rings is 1. The second-order valence-electron chi connectivity index (χ2n) is 4.83. The van der Waals surface area contributed by atoms with Gasteiger partial charge in [-0.05, 0) is 30.0 Å². The maximum atomic E-state index is 12.0. The number of benzene rings is 1. The Morgan fingerprint density at radius 3 is 2.35 bits per heavy atom. The summed E-state index contributed by atoms with van der Waals surface area (Å²) in [6.07, 6.45) is 3.70. The number of hydrogen-bond acceptors (Lipinski definition) is 2. The Labute approximate surface area is 118 Å². The number of aromatic nitrogens is 1. The highest BCUT2D eigenvalue weighted by molar-refractivity contribution is 6.04. The van der Waals surface area contributed by atoms with Crippen LogP contribution in [0.25, 0.3) is 0 Å². The Bertz CT molecular complexity index is 576. The summed E-state index contributed by atoms with van der Waals surface area (Å²) in [7, 11) is 0. The number of nitrogens with one attached hydrogen (secondary N) is 1. The van der Waals surface area contributed by atoms with Crippen LogP contribution in [0.1, 0.15) is 42.1 Å². The molecule has 0 aliphatic heterocycles. The summed E-state index contributed by atoms with van der Waals surface area (Å²) in [6, 6.07) is 10.8. The Hall–Kier alpha value is -2.36. The Kier molecular flexibility index (Phi) is 4.35. The smallest absolute Gasteiger partial charge is 0.256 e. The minimum Gasteiger partial charge on any atom is -0.619 e. The number of carbonyl (C=O) groups is 1. The van der Waals surface area contributed by atoms with Crippen LogP contribution in [0.2, 0.25) is 0 Å². The van der Waals surface area contributed by atoms with Crippen molar-refractivity contribution in [1.29, 1.82) is 0 Å². The van der Waals surface area contributed by atoms with Crippen LogP contribution in [-0.2, 0) is 0 Å². The first-order valence-corrected chi connectivity index (χ1v) is 6.70. The molecular formula is C16H18N2O2. The number of carbonyl (C=O) groups excluding carboxylic acids is 1. The Balaban J connectivity index is 2.06. The van der Waals surface area contributed by atoms with E-state index in [0.29, 0.717) is 16.2 Å². The lowest BCUT2D eigenvalue weighted by molar-refractivity contribution is -0.605. The summed E-state index contributed by atoms with van der Waals surface area (Å²) in [5.41, 5.74) is 2.47. The fraction of sp³-hybridized carbons (Fsp3) is 0.250. The molecule has 0 aliphatic carbocycles. The maximum Gasteiger partial charge on any atom is 0.256 e. The molecule has 1 aromatic heterocycles. The van der Waals surface area contributed by atoms with Gasteiger partial charge in [-0.2, -0.15) is 4.73 Å². The van der Waals surface area contributed by atoms with Gasteiger partial charge in [-0.25, -0.2) is 0 Å². The van der Waals surface area contributed by atoms with E-state index in [1.807, 2.05) is 24.3 Å². The van der Waals surface area contributed by atoms with Gasteiger partial charge in [0.2, 0.25) is 0 Å². The van der Waals surface area contributed by atoms with Gasteiger partial charge in [0.05, 0.1) is 5.56 Å². The molecule has 1 atom stereocenters. The van der Waals surface area contributed by atoms with Crippen LogP contribution >= 0.6 is 0 Å². The van der Waals surface area contributed by atoms with Gasteiger partial charge in [0.15, 0.2) is 12.4 Å². The number of nitrogens with zero attached hydrogens (tertiary/aromatic N) is 1. The maximum absolute atomic E-state index is 12.0. The topological polar surface area (TPSA) is 56.0 Å². The van der Waals surface area contributed by atoms with Crippen LogP contribution in [0.15, 0.2) is 48.8 Å². The van der Waals surface area contributed by atoms with Gasteiger partial charge < -0.3 is 10.5 Å². The standard InChI is InChI=1S/C16H18N2O2/c1-3-12(2)13-4-6-15(7-5-13)17-16(19)14-8-10-18(20)11-9-14/h4-12H,3H2,1-2H3,(H,17,19). The van der Waals surface area contributed by atoms with E-state index in [2.05, 4.69) is 19.2 Å². The van der Waals surface area contributed by atoms with Crippen molar-refractivity contribution in [2.24, 2.45) is 0 Å². The van der Waals surface area contributed by atoms with E-state index >= 15 is 0 Å². The van der Waals surface area contributed by atoms with Gasteiger partial charge in [0, 0.05) is 17.8 Å². The highest BCUT2D eigenvalue weighted by Crippen LogP contribution is 2.20. The highest BCUT2D eigenvalue weighted by atomic mass is 16.5. The third-order valence-corrected chi connectivity index (χ3v) is 3.41. The van der Waals surface area contributed by atoms with Crippen molar-refractivity contribution in [3.05, 3.63) is 65.1 Å². The zero-order valence-corrected chi connectivity index (χ0v) is 11.7. The lowest BCUT2D eigenvalue weighted by Gasteiger charge is -2.10. The number of anilines is 1. The molecule has 2 aromatic rings. The second kappa shape index (κ2) is 6.19. The second-order valence-corrected chi connectivity index (χ2v) is 4.83. The normalized spacial score (nSPS) is 11.9. The molecule has 0 saturated carbocycles. The van der Waals surface area contributed by atoms with Crippen LogP contribution in [0.5, 0.6) is 0 Å². The average molecular weight is 270 g/mol.